The van der Waals surface area contributed by atoms with Gasteiger partial charge in [0, 0.05) is 6.04 Å². The van der Waals surface area contributed by atoms with Crippen molar-refractivity contribution in [1.29, 1.82) is 0 Å². The molecule has 1 aromatic rings. The summed E-state index contributed by atoms with van der Waals surface area (Å²) >= 11 is 0. The fourth-order valence-corrected chi connectivity index (χ4v) is 3.32. The molecule has 2 heteroatoms. The van der Waals surface area contributed by atoms with E-state index in [0.29, 0.717) is 11.5 Å². The Kier molecular flexibility index (Phi) is 5.47. The third-order valence-electron chi connectivity index (χ3n) is 4.43. The van der Waals surface area contributed by atoms with Gasteiger partial charge in [0.15, 0.2) is 0 Å². The molecule has 2 rings (SSSR count). The lowest BCUT2D eigenvalue weighted by atomic mass is 9.70. The van der Waals surface area contributed by atoms with Crippen molar-refractivity contribution in [3.8, 4) is 5.75 Å². The first-order valence-corrected chi connectivity index (χ1v) is 7.98. The Morgan fingerprint density at radius 3 is 2.70 bits per heavy atom. The van der Waals surface area contributed by atoms with E-state index in [4.69, 9.17) is 4.74 Å². The van der Waals surface area contributed by atoms with Crippen molar-refractivity contribution in [3.63, 3.8) is 0 Å². The molecule has 20 heavy (non-hydrogen) atoms. The molecule has 0 amide bonds. The first-order chi connectivity index (χ1) is 9.57. The van der Waals surface area contributed by atoms with Gasteiger partial charge in [0.2, 0.25) is 0 Å². The summed E-state index contributed by atoms with van der Waals surface area (Å²) in [6, 6.07) is 10.8. The van der Waals surface area contributed by atoms with Crippen LogP contribution in [0.5, 0.6) is 5.75 Å². The molecule has 2 atom stereocenters. The second kappa shape index (κ2) is 7.12. The maximum atomic E-state index is 5.72. The van der Waals surface area contributed by atoms with E-state index in [0.717, 1.165) is 31.2 Å². The molecule has 0 spiro atoms. The van der Waals surface area contributed by atoms with E-state index >= 15 is 0 Å². The van der Waals surface area contributed by atoms with Gasteiger partial charge < -0.3 is 10.1 Å². The summed E-state index contributed by atoms with van der Waals surface area (Å²) in [7, 11) is 0. The van der Waals surface area contributed by atoms with Crippen LogP contribution in [0.25, 0.3) is 0 Å². The van der Waals surface area contributed by atoms with Crippen molar-refractivity contribution in [3.05, 3.63) is 30.3 Å². The maximum Gasteiger partial charge on any atom is 0.119 e. The zero-order valence-corrected chi connectivity index (χ0v) is 13.2. The van der Waals surface area contributed by atoms with Crippen molar-refractivity contribution in [1.82, 2.24) is 5.32 Å². The molecule has 0 aliphatic heterocycles. The molecule has 1 aliphatic carbocycles. The molecule has 1 saturated carbocycles. The summed E-state index contributed by atoms with van der Waals surface area (Å²) in [6.07, 6.45) is 5.07. The number of para-hydroxylation sites is 1. The minimum Gasteiger partial charge on any atom is -0.494 e. The van der Waals surface area contributed by atoms with Crippen molar-refractivity contribution < 1.29 is 4.74 Å². The standard InChI is InChI=1S/C18H29NO/c1-15-14-18(2,3)11-10-17(15)19-12-7-13-20-16-8-5-4-6-9-16/h4-6,8-9,15,17,19H,7,10-14H2,1-3H3. The van der Waals surface area contributed by atoms with Crippen molar-refractivity contribution in [2.24, 2.45) is 11.3 Å². The first-order valence-electron chi connectivity index (χ1n) is 7.98. The van der Waals surface area contributed by atoms with E-state index in [1.54, 1.807) is 0 Å². The van der Waals surface area contributed by atoms with Crippen molar-refractivity contribution in [2.45, 2.75) is 52.5 Å². The predicted octanol–water partition coefficient (Wildman–Crippen LogP) is 4.26. The summed E-state index contributed by atoms with van der Waals surface area (Å²) in [6.45, 7) is 9.03. The van der Waals surface area contributed by atoms with Crippen molar-refractivity contribution >= 4 is 0 Å². The number of rotatable bonds is 6. The minimum atomic E-state index is 0.536. The van der Waals surface area contributed by atoms with Gasteiger partial charge in [0.1, 0.15) is 5.75 Å². The summed E-state index contributed by atoms with van der Waals surface area (Å²) in [5.74, 6) is 1.76. The molecule has 0 bridgehead atoms. The topological polar surface area (TPSA) is 21.3 Å². The Bertz CT molecular complexity index is 388. The van der Waals surface area contributed by atoms with Crippen LogP contribution in [0.3, 0.4) is 0 Å². The van der Waals surface area contributed by atoms with E-state index in [1.807, 2.05) is 30.3 Å². The lowest BCUT2D eigenvalue weighted by Crippen LogP contribution is -2.42. The molecule has 0 saturated heterocycles. The van der Waals surface area contributed by atoms with Gasteiger partial charge in [-0.2, -0.15) is 0 Å². The van der Waals surface area contributed by atoms with Crippen LogP contribution in [0.4, 0.5) is 0 Å². The number of hydrogen-bond donors (Lipinski definition) is 1. The van der Waals surface area contributed by atoms with Gasteiger partial charge in [-0.25, -0.2) is 0 Å². The van der Waals surface area contributed by atoms with Crippen LogP contribution in [0, 0.1) is 11.3 Å². The third-order valence-corrected chi connectivity index (χ3v) is 4.43. The summed E-state index contributed by atoms with van der Waals surface area (Å²) < 4.78 is 5.72. The summed E-state index contributed by atoms with van der Waals surface area (Å²) in [5.41, 5.74) is 0.536. The zero-order chi connectivity index (χ0) is 14.4. The van der Waals surface area contributed by atoms with Crippen LogP contribution in [0.1, 0.15) is 46.5 Å². The highest BCUT2D eigenvalue weighted by atomic mass is 16.5. The van der Waals surface area contributed by atoms with Gasteiger partial charge in [-0.3, -0.25) is 0 Å². The van der Waals surface area contributed by atoms with Crippen LogP contribution >= 0.6 is 0 Å². The van der Waals surface area contributed by atoms with Gasteiger partial charge in [0.05, 0.1) is 6.61 Å². The van der Waals surface area contributed by atoms with Crippen molar-refractivity contribution in [2.75, 3.05) is 13.2 Å². The molecular formula is C18H29NO. The Morgan fingerprint density at radius 2 is 2.00 bits per heavy atom. The van der Waals surface area contributed by atoms with Gasteiger partial charge in [-0.1, -0.05) is 39.0 Å². The zero-order valence-electron chi connectivity index (χ0n) is 13.2. The third kappa shape index (κ3) is 4.82. The second-order valence-corrected chi connectivity index (χ2v) is 6.96. The van der Waals surface area contributed by atoms with Gasteiger partial charge in [0.25, 0.3) is 0 Å². The first kappa shape index (κ1) is 15.4. The fourth-order valence-electron chi connectivity index (χ4n) is 3.32. The number of nitrogens with one attached hydrogen (secondary N) is 1. The highest BCUT2D eigenvalue weighted by Gasteiger charge is 2.31. The number of benzene rings is 1. The Morgan fingerprint density at radius 1 is 1.25 bits per heavy atom. The predicted molar refractivity (Wildman–Crippen MR) is 85.1 cm³/mol. The van der Waals surface area contributed by atoms with Crippen LogP contribution in [-0.4, -0.2) is 19.2 Å². The smallest absolute Gasteiger partial charge is 0.119 e. The molecular weight excluding hydrogens is 246 g/mol. The SMILES string of the molecule is CC1CC(C)(C)CCC1NCCCOc1ccccc1. The maximum absolute atomic E-state index is 5.72. The molecule has 0 heterocycles. The number of ether oxygens (including phenoxy) is 1. The molecule has 0 aromatic heterocycles. The Hall–Kier alpha value is -1.02. The van der Waals surface area contributed by atoms with Crippen LogP contribution in [-0.2, 0) is 0 Å². The molecule has 112 valence electrons. The normalized spacial score (nSPS) is 25.4. The monoisotopic (exact) mass is 275 g/mol. The molecule has 1 aromatic carbocycles. The average molecular weight is 275 g/mol. The summed E-state index contributed by atoms with van der Waals surface area (Å²) in [5, 5.41) is 3.72. The summed E-state index contributed by atoms with van der Waals surface area (Å²) in [4.78, 5) is 0. The molecule has 0 radical (unpaired) electrons. The van der Waals surface area contributed by atoms with Gasteiger partial charge in [-0.05, 0) is 55.7 Å². The fraction of sp³-hybridized carbons (Fsp3) is 0.667. The van der Waals surface area contributed by atoms with Crippen LogP contribution < -0.4 is 10.1 Å². The molecule has 1 aliphatic rings. The second-order valence-electron chi connectivity index (χ2n) is 6.96. The largest absolute Gasteiger partial charge is 0.494 e. The Balaban J connectivity index is 1.60. The highest BCUT2D eigenvalue weighted by molar-refractivity contribution is 5.20. The van der Waals surface area contributed by atoms with E-state index in [2.05, 4.69) is 26.1 Å². The highest BCUT2D eigenvalue weighted by Crippen LogP contribution is 2.38. The molecule has 2 nitrogen and oxygen atoms in total. The average Bonchev–Trinajstić information content (AvgIpc) is 2.41. The lowest BCUT2D eigenvalue weighted by Gasteiger charge is -2.39. The van der Waals surface area contributed by atoms with E-state index in [9.17, 15) is 0 Å². The van der Waals surface area contributed by atoms with Gasteiger partial charge >= 0.3 is 0 Å². The Labute approximate surface area is 123 Å². The van der Waals surface area contributed by atoms with E-state index < -0.39 is 0 Å². The molecule has 1 fully saturated rings. The molecule has 2 unspecified atom stereocenters. The quantitative estimate of drug-likeness (QED) is 0.783. The molecule has 1 N–H and O–H groups in total. The number of hydrogen-bond acceptors (Lipinski definition) is 2. The van der Waals surface area contributed by atoms with Crippen LogP contribution in [0.15, 0.2) is 30.3 Å². The lowest BCUT2D eigenvalue weighted by molar-refractivity contribution is 0.148. The van der Waals surface area contributed by atoms with E-state index in [-0.39, 0.29) is 0 Å². The van der Waals surface area contributed by atoms with Crippen LogP contribution in [0.2, 0.25) is 0 Å². The minimum absolute atomic E-state index is 0.536. The van der Waals surface area contributed by atoms with Gasteiger partial charge in [-0.15, -0.1) is 0 Å². The van der Waals surface area contributed by atoms with E-state index in [1.165, 1.54) is 19.3 Å².